The van der Waals surface area contributed by atoms with Crippen molar-refractivity contribution in [2.75, 3.05) is 20.2 Å². The molecule has 0 radical (unpaired) electrons. The van der Waals surface area contributed by atoms with E-state index in [2.05, 4.69) is 4.74 Å². The van der Waals surface area contributed by atoms with Gasteiger partial charge >= 0.3 is 5.97 Å². The highest BCUT2D eigenvalue weighted by molar-refractivity contribution is 5.69. The summed E-state index contributed by atoms with van der Waals surface area (Å²) in [6.45, 7) is 0.253. The number of ether oxygens (including phenoxy) is 1. The Morgan fingerprint density at radius 2 is 2.05 bits per heavy atom. The van der Waals surface area contributed by atoms with Crippen LogP contribution in [0.2, 0.25) is 0 Å². The third kappa shape index (κ3) is 4.24. The lowest BCUT2D eigenvalue weighted by molar-refractivity contribution is -0.143. The molecule has 0 spiro atoms. The average Bonchev–Trinajstić information content (AvgIpc) is 2.50. The van der Waals surface area contributed by atoms with Crippen LogP contribution < -0.4 is 0 Å². The number of rotatable bonds is 5. The number of alkyl halides is 2. The van der Waals surface area contributed by atoms with Crippen LogP contribution in [-0.4, -0.2) is 37.1 Å². The molecule has 21 heavy (non-hydrogen) atoms. The van der Waals surface area contributed by atoms with E-state index in [0.717, 1.165) is 19.3 Å². The van der Waals surface area contributed by atoms with E-state index < -0.39 is 5.92 Å². The molecule has 1 aliphatic heterocycles. The molecule has 0 N–H and O–H groups in total. The van der Waals surface area contributed by atoms with Gasteiger partial charge < -0.3 is 4.74 Å². The van der Waals surface area contributed by atoms with Gasteiger partial charge in [-0.15, -0.1) is 0 Å². The van der Waals surface area contributed by atoms with E-state index in [1.165, 1.54) is 19.2 Å². The fourth-order valence-corrected chi connectivity index (χ4v) is 2.80. The summed E-state index contributed by atoms with van der Waals surface area (Å²) in [6, 6.07) is 7.69. The molecule has 1 unspecified atom stereocenters. The first-order valence-electron chi connectivity index (χ1n) is 7.27. The number of benzene rings is 1. The molecule has 0 aliphatic carbocycles. The van der Waals surface area contributed by atoms with Crippen molar-refractivity contribution in [2.45, 2.75) is 37.6 Å². The summed E-state index contributed by atoms with van der Waals surface area (Å²) in [6.07, 6.45) is 2.80. The van der Waals surface area contributed by atoms with Crippen molar-refractivity contribution in [1.29, 1.82) is 0 Å². The molecular weight excluding hydrogens is 276 g/mol. The minimum absolute atomic E-state index is 0.0207. The highest BCUT2D eigenvalue weighted by atomic mass is 19.3. The predicted molar refractivity (Wildman–Crippen MR) is 76.2 cm³/mol. The molecule has 0 bridgehead atoms. The molecule has 1 atom stereocenters. The lowest BCUT2D eigenvalue weighted by Gasteiger charge is -2.37. The second-order valence-electron chi connectivity index (χ2n) is 5.47. The number of nitrogens with zero attached hydrogens (tertiary/aromatic N) is 1. The van der Waals surface area contributed by atoms with Crippen LogP contribution in [0.1, 0.15) is 31.2 Å². The Morgan fingerprint density at radius 1 is 1.33 bits per heavy atom. The van der Waals surface area contributed by atoms with Crippen LogP contribution in [-0.2, 0) is 15.5 Å². The predicted octanol–water partition coefficient (Wildman–Crippen LogP) is 3.20. The van der Waals surface area contributed by atoms with Gasteiger partial charge in [-0.25, -0.2) is 0 Å². The molecular formula is C16H21F2NO2. The van der Waals surface area contributed by atoms with Crippen molar-refractivity contribution < 1.29 is 18.3 Å². The van der Waals surface area contributed by atoms with Gasteiger partial charge in [0.05, 0.1) is 20.1 Å². The molecule has 3 nitrogen and oxygen atoms in total. The number of hydrogen-bond acceptors (Lipinski definition) is 3. The number of esters is 1. The average molecular weight is 297 g/mol. The number of carbonyl (C=O) groups is 1. The van der Waals surface area contributed by atoms with E-state index in [9.17, 15) is 13.6 Å². The zero-order chi connectivity index (χ0) is 15.3. The largest absolute Gasteiger partial charge is 0.469 e. The van der Waals surface area contributed by atoms with E-state index in [-0.39, 0.29) is 30.5 Å². The molecule has 0 aromatic heterocycles. The fourth-order valence-electron chi connectivity index (χ4n) is 2.80. The molecule has 1 aliphatic rings. The Balaban J connectivity index is 2.06. The number of carbonyl (C=O) groups excluding carboxylic acids is 1. The molecule has 1 heterocycles. The van der Waals surface area contributed by atoms with Crippen molar-refractivity contribution >= 4 is 5.97 Å². The number of hydrogen-bond donors (Lipinski definition) is 0. The van der Waals surface area contributed by atoms with Crippen LogP contribution in [0.25, 0.3) is 0 Å². The minimum atomic E-state index is -2.91. The third-order valence-corrected chi connectivity index (χ3v) is 3.98. The van der Waals surface area contributed by atoms with Crippen LogP contribution >= 0.6 is 0 Å². The monoisotopic (exact) mass is 297 g/mol. The molecule has 1 fully saturated rings. The second kappa shape index (κ2) is 6.98. The summed E-state index contributed by atoms with van der Waals surface area (Å²) < 4.78 is 33.4. The third-order valence-electron chi connectivity index (χ3n) is 3.98. The molecule has 2 rings (SSSR count). The summed E-state index contributed by atoms with van der Waals surface area (Å²) in [7, 11) is 1.33. The van der Waals surface area contributed by atoms with E-state index >= 15 is 0 Å². The van der Waals surface area contributed by atoms with Gasteiger partial charge in [0, 0.05) is 11.6 Å². The number of halogens is 2. The summed E-state index contributed by atoms with van der Waals surface area (Å²) in [5, 5.41) is 0. The van der Waals surface area contributed by atoms with Gasteiger partial charge in [0.2, 0.25) is 0 Å². The molecule has 0 saturated carbocycles. The first kappa shape index (κ1) is 15.9. The maximum atomic E-state index is 14.4. The van der Waals surface area contributed by atoms with Crippen molar-refractivity contribution in [3.63, 3.8) is 0 Å². The molecule has 116 valence electrons. The standard InChI is InChI=1S/C16H21F2NO2/c1-21-15(20)11-14-9-5-6-10-19(14)12-16(17,18)13-7-3-2-4-8-13/h2-4,7-8,14H,5-6,9-12H2,1H3. The Labute approximate surface area is 123 Å². The van der Waals surface area contributed by atoms with E-state index in [4.69, 9.17) is 0 Å². The summed E-state index contributed by atoms with van der Waals surface area (Å²) in [4.78, 5) is 13.2. The van der Waals surface area contributed by atoms with Crippen molar-refractivity contribution in [3.05, 3.63) is 35.9 Å². The van der Waals surface area contributed by atoms with Crippen LogP contribution in [0.3, 0.4) is 0 Å². The van der Waals surface area contributed by atoms with Gasteiger partial charge in [0.1, 0.15) is 0 Å². The molecule has 5 heteroatoms. The summed E-state index contributed by atoms with van der Waals surface area (Å²) in [5.74, 6) is -3.25. The van der Waals surface area contributed by atoms with E-state index in [1.54, 1.807) is 23.1 Å². The molecule has 1 saturated heterocycles. The summed E-state index contributed by atoms with van der Waals surface area (Å²) in [5.41, 5.74) is 0.0207. The Hall–Kier alpha value is -1.49. The van der Waals surface area contributed by atoms with Gasteiger partial charge in [0.25, 0.3) is 5.92 Å². The van der Waals surface area contributed by atoms with Gasteiger partial charge in [-0.05, 0) is 19.4 Å². The smallest absolute Gasteiger partial charge is 0.307 e. The lowest BCUT2D eigenvalue weighted by Crippen LogP contribution is -2.46. The lowest BCUT2D eigenvalue weighted by atomic mass is 9.97. The van der Waals surface area contributed by atoms with Crippen LogP contribution in [0.5, 0.6) is 0 Å². The SMILES string of the molecule is COC(=O)CC1CCCCN1CC(F)(F)c1ccccc1. The van der Waals surface area contributed by atoms with E-state index in [0.29, 0.717) is 6.54 Å². The van der Waals surface area contributed by atoms with Gasteiger partial charge in [-0.2, -0.15) is 8.78 Å². The zero-order valence-electron chi connectivity index (χ0n) is 12.2. The minimum Gasteiger partial charge on any atom is -0.469 e. The Morgan fingerprint density at radius 3 is 2.71 bits per heavy atom. The number of likely N-dealkylation sites (tertiary alicyclic amines) is 1. The Bertz CT molecular complexity index is 465. The quantitative estimate of drug-likeness (QED) is 0.782. The maximum absolute atomic E-state index is 14.4. The maximum Gasteiger partial charge on any atom is 0.307 e. The highest BCUT2D eigenvalue weighted by Gasteiger charge is 2.37. The van der Waals surface area contributed by atoms with Crippen LogP contribution in [0.4, 0.5) is 8.78 Å². The fraction of sp³-hybridized carbons (Fsp3) is 0.562. The summed E-state index contributed by atoms with van der Waals surface area (Å²) >= 11 is 0. The molecule has 0 amide bonds. The molecule has 1 aromatic rings. The first-order chi connectivity index (χ1) is 10.0. The zero-order valence-corrected chi connectivity index (χ0v) is 12.2. The van der Waals surface area contributed by atoms with E-state index in [1.807, 2.05) is 0 Å². The van der Waals surface area contributed by atoms with Crippen molar-refractivity contribution in [1.82, 2.24) is 4.90 Å². The number of piperidine rings is 1. The van der Waals surface area contributed by atoms with Gasteiger partial charge in [-0.3, -0.25) is 9.69 Å². The number of methoxy groups -OCH3 is 1. The van der Waals surface area contributed by atoms with Gasteiger partial charge in [-0.1, -0.05) is 36.8 Å². The van der Waals surface area contributed by atoms with Crippen molar-refractivity contribution in [3.8, 4) is 0 Å². The van der Waals surface area contributed by atoms with Crippen LogP contribution in [0, 0.1) is 0 Å². The second-order valence-corrected chi connectivity index (χ2v) is 5.47. The van der Waals surface area contributed by atoms with Gasteiger partial charge in [0.15, 0.2) is 0 Å². The van der Waals surface area contributed by atoms with Crippen LogP contribution in [0.15, 0.2) is 30.3 Å². The first-order valence-corrected chi connectivity index (χ1v) is 7.27. The normalized spacial score (nSPS) is 20.2. The van der Waals surface area contributed by atoms with Crippen molar-refractivity contribution in [2.24, 2.45) is 0 Å². The molecule has 1 aromatic carbocycles. The Kier molecular flexibility index (Phi) is 5.28. The topological polar surface area (TPSA) is 29.5 Å². The highest BCUT2D eigenvalue weighted by Crippen LogP contribution is 2.32.